The Bertz CT molecular complexity index is 295. The topological polar surface area (TPSA) is 63.6 Å². The predicted molar refractivity (Wildman–Crippen MR) is 58.8 cm³/mol. The molecule has 1 aliphatic carbocycles. The van der Waals surface area contributed by atoms with Gasteiger partial charge in [-0.1, -0.05) is 12.2 Å². The van der Waals surface area contributed by atoms with Gasteiger partial charge < -0.3 is 9.84 Å². The summed E-state index contributed by atoms with van der Waals surface area (Å²) in [6.07, 6.45) is 4.77. The molecule has 1 N–H and O–H groups in total. The lowest BCUT2D eigenvalue weighted by molar-refractivity contribution is -0.149. The first kappa shape index (κ1) is 12.7. The van der Waals surface area contributed by atoms with E-state index in [0.717, 1.165) is 0 Å². The minimum Gasteiger partial charge on any atom is -0.481 e. The zero-order chi connectivity index (χ0) is 12.1. The molecule has 0 aromatic carbocycles. The van der Waals surface area contributed by atoms with Gasteiger partial charge in [0.05, 0.1) is 18.4 Å². The highest BCUT2D eigenvalue weighted by Gasteiger charge is 2.42. The number of hydrogen-bond acceptors (Lipinski definition) is 3. The Labute approximate surface area is 95.3 Å². The SMILES string of the molecule is C/C=C/[C@H]1[C@@H](C(=O)O)CC[C@@H]1C(=O)OCC. The van der Waals surface area contributed by atoms with E-state index in [1.165, 1.54) is 0 Å². The molecule has 0 aromatic rings. The maximum atomic E-state index is 11.6. The summed E-state index contributed by atoms with van der Waals surface area (Å²) in [6, 6.07) is 0. The third-order valence-electron chi connectivity index (χ3n) is 3.04. The van der Waals surface area contributed by atoms with Crippen LogP contribution in [-0.4, -0.2) is 23.7 Å². The summed E-state index contributed by atoms with van der Waals surface area (Å²) >= 11 is 0. The molecule has 0 heterocycles. The number of carboxylic acid groups (broad SMARTS) is 1. The van der Waals surface area contributed by atoms with Gasteiger partial charge in [0.25, 0.3) is 0 Å². The van der Waals surface area contributed by atoms with E-state index in [2.05, 4.69) is 0 Å². The lowest BCUT2D eigenvalue weighted by atomic mass is 9.89. The number of carbonyl (C=O) groups is 2. The van der Waals surface area contributed by atoms with Crippen LogP contribution in [-0.2, 0) is 14.3 Å². The van der Waals surface area contributed by atoms with E-state index >= 15 is 0 Å². The molecule has 0 unspecified atom stereocenters. The molecule has 0 amide bonds. The molecule has 0 bridgehead atoms. The van der Waals surface area contributed by atoms with Crippen LogP contribution in [0.15, 0.2) is 12.2 Å². The second-order valence-corrected chi connectivity index (χ2v) is 3.98. The summed E-state index contributed by atoms with van der Waals surface area (Å²) in [6.45, 7) is 3.93. The van der Waals surface area contributed by atoms with E-state index in [9.17, 15) is 9.59 Å². The lowest BCUT2D eigenvalue weighted by Gasteiger charge is -2.17. The third kappa shape index (κ3) is 2.62. The van der Waals surface area contributed by atoms with Gasteiger partial charge in [0.2, 0.25) is 0 Å². The third-order valence-corrected chi connectivity index (χ3v) is 3.04. The van der Waals surface area contributed by atoms with Gasteiger partial charge in [-0.25, -0.2) is 0 Å². The smallest absolute Gasteiger partial charge is 0.309 e. The molecular formula is C12H18O4. The molecule has 1 aliphatic rings. The zero-order valence-electron chi connectivity index (χ0n) is 9.68. The molecule has 0 aliphatic heterocycles. The quantitative estimate of drug-likeness (QED) is 0.587. The Morgan fingerprint density at radius 3 is 2.50 bits per heavy atom. The standard InChI is InChI=1S/C12H18O4/c1-3-5-8-9(11(13)14)6-7-10(8)12(15)16-4-2/h3,5,8-10H,4,6-7H2,1-2H3,(H,13,14)/b5-3+/t8-,9-,10-/m0/s1. The minimum absolute atomic E-state index is 0.221. The van der Waals surface area contributed by atoms with Crippen LogP contribution in [0.2, 0.25) is 0 Å². The van der Waals surface area contributed by atoms with Gasteiger partial charge in [0.15, 0.2) is 0 Å². The van der Waals surface area contributed by atoms with Crippen molar-refractivity contribution in [1.29, 1.82) is 0 Å². The Hall–Kier alpha value is -1.32. The molecule has 1 saturated carbocycles. The van der Waals surface area contributed by atoms with Crippen LogP contribution in [0.5, 0.6) is 0 Å². The molecule has 0 spiro atoms. The van der Waals surface area contributed by atoms with Crippen LogP contribution in [0, 0.1) is 17.8 Å². The Morgan fingerprint density at radius 1 is 1.38 bits per heavy atom. The summed E-state index contributed by atoms with van der Waals surface area (Å²) in [5.74, 6) is -2.06. The maximum absolute atomic E-state index is 11.6. The first-order valence-corrected chi connectivity index (χ1v) is 5.64. The van der Waals surface area contributed by atoms with Crippen molar-refractivity contribution in [2.24, 2.45) is 17.8 Å². The first-order valence-electron chi connectivity index (χ1n) is 5.64. The average Bonchev–Trinajstić information content (AvgIpc) is 2.62. The molecule has 3 atom stereocenters. The van der Waals surface area contributed by atoms with Crippen molar-refractivity contribution in [3.05, 3.63) is 12.2 Å². The number of allylic oxidation sites excluding steroid dienone is 2. The fraction of sp³-hybridized carbons (Fsp3) is 0.667. The largest absolute Gasteiger partial charge is 0.481 e. The molecule has 4 heteroatoms. The van der Waals surface area contributed by atoms with Crippen molar-refractivity contribution >= 4 is 11.9 Å². The van der Waals surface area contributed by atoms with Crippen LogP contribution < -0.4 is 0 Å². The summed E-state index contributed by atoms with van der Waals surface area (Å²) in [4.78, 5) is 22.7. The number of rotatable bonds is 4. The molecule has 0 saturated heterocycles. The maximum Gasteiger partial charge on any atom is 0.309 e. The first-order chi connectivity index (χ1) is 7.61. The van der Waals surface area contributed by atoms with Crippen molar-refractivity contribution in [1.82, 2.24) is 0 Å². The molecular weight excluding hydrogens is 208 g/mol. The Morgan fingerprint density at radius 2 is 2.00 bits per heavy atom. The molecule has 0 aromatic heterocycles. The fourth-order valence-electron chi connectivity index (χ4n) is 2.33. The molecule has 4 nitrogen and oxygen atoms in total. The van der Waals surface area contributed by atoms with Crippen molar-refractivity contribution in [2.45, 2.75) is 26.7 Å². The summed E-state index contributed by atoms with van der Waals surface area (Å²) < 4.78 is 4.96. The molecule has 90 valence electrons. The zero-order valence-corrected chi connectivity index (χ0v) is 9.68. The van der Waals surface area contributed by atoms with Crippen molar-refractivity contribution in [3.8, 4) is 0 Å². The van der Waals surface area contributed by atoms with Crippen LogP contribution in [0.3, 0.4) is 0 Å². The number of carboxylic acids is 1. The van der Waals surface area contributed by atoms with E-state index in [1.54, 1.807) is 13.0 Å². The number of aliphatic carboxylic acids is 1. The Kier molecular flexibility index (Phi) is 4.52. The number of esters is 1. The highest BCUT2D eigenvalue weighted by atomic mass is 16.5. The molecule has 1 fully saturated rings. The van der Waals surface area contributed by atoms with E-state index in [1.807, 2.05) is 13.0 Å². The predicted octanol–water partition coefficient (Wildman–Crippen LogP) is 1.85. The van der Waals surface area contributed by atoms with Gasteiger partial charge in [-0.3, -0.25) is 9.59 Å². The average molecular weight is 226 g/mol. The van der Waals surface area contributed by atoms with Gasteiger partial charge in [0, 0.05) is 5.92 Å². The van der Waals surface area contributed by atoms with Crippen LogP contribution in [0.1, 0.15) is 26.7 Å². The normalized spacial score (nSPS) is 29.5. The van der Waals surface area contributed by atoms with Gasteiger partial charge in [-0.05, 0) is 26.7 Å². The minimum atomic E-state index is -0.824. The van der Waals surface area contributed by atoms with E-state index in [0.29, 0.717) is 19.4 Å². The van der Waals surface area contributed by atoms with Crippen molar-refractivity contribution in [3.63, 3.8) is 0 Å². The summed E-state index contributed by atoms with van der Waals surface area (Å²) in [5.41, 5.74) is 0. The van der Waals surface area contributed by atoms with E-state index in [4.69, 9.17) is 9.84 Å². The summed E-state index contributed by atoms with van der Waals surface area (Å²) in [5, 5.41) is 9.05. The van der Waals surface area contributed by atoms with Crippen LogP contribution in [0.4, 0.5) is 0 Å². The lowest BCUT2D eigenvalue weighted by Crippen LogP contribution is -2.26. The highest BCUT2D eigenvalue weighted by Crippen LogP contribution is 2.39. The summed E-state index contributed by atoms with van der Waals surface area (Å²) in [7, 11) is 0. The molecule has 0 radical (unpaired) electrons. The fourth-order valence-corrected chi connectivity index (χ4v) is 2.33. The highest BCUT2D eigenvalue weighted by molar-refractivity contribution is 5.77. The van der Waals surface area contributed by atoms with Crippen LogP contribution in [0.25, 0.3) is 0 Å². The van der Waals surface area contributed by atoms with Crippen molar-refractivity contribution < 1.29 is 19.4 Å². The second kappa shape index (κ2) is 5.68. The van der Waals surface area contributed by atoms with Gasteiger partial charge in [-0.15, -0.1) is 0 Å². The van der Waals surface area contributed by atoms with Gasteiger partial charge in [-0.2, -0.15) is 0 Å². The Balaban J connectivity index is 2.79. The number of carbonyl (C=O) groups excluding carboxylic acids is 1. The van der Waals surface area contributed by atoms with Gasteiger partial charge >= 0.3 is 11.9 Å². The van der Waals surface area contributed by atoms with E-state index in [-0.39, 0.29) is 17.8 Å². The monoisotopic (exact) mass is 226 g/mol. The van der Waals surface area contributed by atoms with Gasteiger partial charge in [0.1, 0.15) is 0 Å². The number of ether oxygens (including phenoxy) is 1. The second-order valence-electron chi connectivity index (χ2n) is 3.98. The molecule has 16 heavy (non-hydrogen) atoms. The van der Waals surface area contributed by atoms with Crippen LogP contribution >= 0.6 is 0 Å². The van der Waals surface area contributed by atoms with E-state index < -0.39 is 11.9 Å². The molecule has 1 rings (SSSR count). The van der Waals surface area contributed by atoms with Crippen molar-refractivity contribution in [2.75, 3.05) is 6.61 Å². The number of hydrogen-bond donors (Lipinski definition) is 1.